The number of esters is 1. The number of allylic oxidation sites excluding steroid dienone is 1. The van der Waals surface area contributed by atoms with E-state index in [0.717, 1.165) is 48.0 Å². The maximum Gasteiger partial charge on any atom is 0.336 e. The van der Waals surface area contributed by atoms with Crippen LogP contribution in [0.5, 0.6) is 5.75 Å². The van der Waals surface area contributed by atoms with Gasteiger partial charge in [-0.25, -0.2) is 14.6 Å². The minimum atomic E-state index is -1.14. The van der Waals surface area contributed by atoms with Crippen LogP contribution in [-0.2, 0) is 33.6 Å². The van der Waals surface area contributed by atoms with Crippen LogP contribution in [0.15, 0.2) is 57.4 Å². The van der Waals surface area contributed by atoms with Crippen LogP contribution in [0, 0.1) is 11.8 Å². The quantitative estimate of drug-likeness (QED) is 0.159. The first kappa shape index (κ1) is 34.2. The lowest BCUT2D eigenvalue weighted by Gasteiger charge is -2.49. The van der Waals surface area contributed by atoms with Gasteiger partial charge in [-0.15, -0.1) is 0 Å². The predicted octanol–water partition coefficient (Wildman–Crippen LogP) is 5.00. The fourth-order valence-corrected chi connectivity index (χ4v) is 6.81. The maximum absolute atomic E-state index is 13.8. The van der Waals surface area contributed by atoms with Crippen molar-refractivity contribution < 1.29 is 23.5 Å². The number of hydrogen-bond acceptors (Lipinski definition) is 9. The smallest absolute Gasteiger partial charge is 0.336 e. The molecule has 0 unspecified atom stereocenters. The molecule has 3 aromatic rings. The number of pyridine rings is 1. The average Bonchev–Trinajstić information content (AvgIpc) is 3.36. The molecule has 2 aliphatic rings. The summed E-state index contributed by atoms with van der Waals surface area (Å²) in [5.74, 6) is 1.46. The number of carbonyl (C=O) groups excluding carboxylic acids is 2. The number of rotatable bonds is 12. The number of hydrogen-bond donors (Lipinski definition) is 2. The second-order valence-electron chi connectivity index (χ2n) is 14.0. The Morgan fingerprint density at radius 3 is 2.70 bits per heavy atom. The summed E-state index contributed by atoms with van der Waals surface area (Å²) in [7, 11) is 1.95. The molecule has 0 saturated carbocycles. The topological polar surface area (TPSA) is 137 Å². The van der Waals surface area contributed by atoms with Crippen LogP contribution in [0.25, 0.3) is 11.0 Å². The Bertz CT molecular complexity index is 1740. The highest BCUT2D eigenvalue weighted by Gasteiger charge is 2.54. The molecule has 2 aliphatic heterocycles. The molecule has 4 heterocycles. The van der Waals surface area contributed by atoms with Crippen molar-refractivity contribution in [1.82, 2.24) is 15.2 Å². The van der Waals surface area contributed by atoms with Crippen LogP contribution in [0.1, 0.15) is 71.1 Å². The Balaban J connectivity index is 1.49. The predicted molar refractivity (Wildman–Crippen MR) is 182 cm³/mol. The number of aromatic nitrogens is 1. The Labute approximate surface area is 276 Å². The summed E-state index contributed by atoms with van der Waals surface area (Å²) in [4.78, 5) is 45.3. The van der Waals surface area contributed by atoms with Crippen molar-refractivity contribution in [3.8, 4) is 5.75 Å². The molecule has 1 aromatic carbocycles. The molecule has 0 radical (unpaired) electrons. The highest BCUT2D eigenvalue weighted by molar-refractivity contribution is 5.88. The summed E-state index contributed by atoms with van der Waals surface area (Å²) in [5.41, 5.74) is 6.89. The molecule has 0 bridgehead atoms. The summed E-state index contributed by atoms with van der Waals surface area (Å²) in [6.45, 7) is 13.2. The summed E-state index contributed by atoms with van der Waals surface area (Å²) in [6.07, 6.45) is 6.27. The molecule has 47 heavy (non-hydrogen) atoms. The number of amides is 1. The molecule has 252 valence electrons. The zero-order valence-corrected chi connectivity index (χ0v) is 28.6. The van der Waals surface area contributed by atoms with Crippen LogP contribution in [0.2, 0.25) is 0 Å². The lowest BCUT2D eigenvalue weighted by atomic mass is 9.76. The Kier molecular flexibility index (Phi) is 9.82. The molecule has 5 rings (SSSR count). The van der Waals surface area contributed by atoms with Crippen LogP contribution in [-0.4, -0.2) is 59.1 Å². The van der Waals surface area contributed by atoms with Gasteiger partial charge in [-0.1, -0.05) is 19.9 Å². The van der Waals surface area contributed by atoms with Crippen molar-refractivity contribution in [2.24, 2.45) is 11.8 Å². The summed E-state index contributed by atoms with van der Waals surface area (Å²) in [6, 6.07) is 8.76. The number of nitrogens with zero attached hydrogens (tertiary/aromatic N) is 2. The van der Waals surface area contributed by atoms with E-state index in [9.17, 15) is 14.4 Å². The Hall–Kier alpha value is -4.18. The van der Waals surface area contributed by atoms with Gasteiger partial charge in [0.25, 0.3) is 0 Å². The first-order valence-electron chi connectivity index (χ1n) is 16.5. The van der Waals surface area contributed by atoms with Gasteiger partial charge in [0.15, 0.2) is 5.60 Å². The molecule has 2 aromatic heterocycles. The standard InChI is InChI=1S/C37H48N4O6/c1-8-23(4)35(44)47-36(5,6)37(18-26-13-24-10-12-34(43)45-30(24)16-31(26)46-37)17-25-14-32(38)40-20-27(25)15-33(42)41-21-28(19-39-7)29(41)11-9-22(2)3/h8,10,12-14,16,20,22,28-29,39H,9,11,15,17-19,21H2,1-7H3,(H2,38,40)/b23-8+/t28-,29+,37-/m0/s1. The zero-order chi connectivity index (χ0) is 34.1. The number of carbonyl (C=O) groups is 2. The van der Waals surface area contributed by atoms with Gasteiger partial charge in [-0.2, -0.15) is 0 Å². The molecule has 1 fully saturated rings. The summed E-state index contributed by atoms with van der Waals surface area (Å²) >= 11 is 0. The van der Waals surface area contributed by atoms with Gasteiger partial charge in [-0.3, -0.25) is 4.79 Å². The minimum absolute atomic E-state index is 0.0549. The molecule has 0 spiro atoms. The molecular formula is C37H48N4O6. The van der Waals surface area contributed by atoms with E-state index in [4.69, 9.17) is 19.6 Å². The van der Waals surface area contributed by atoms with Gasteiger partial charge in [-0.05, 0) is 88.4 Å². The van der Waals surface area contributed by atoms with Crippen LogP contribution >= 0.6 is 0 Å². The number of nitrogens with one attached hydrogen (secondary N) is 1. The van der Waals surface area contributed by atoms with Gasteiger partial charge in [0.05, 0.1) is 6.42 Å². The van der Waals surface area contributed by atoms with Crippen LogP contribution in [0.3, 0.4) is 0 Å². The summed E-state index contributed by atoms with van der Waals surface area (Å²) in [5, 5.41) is 4.04. The van der Waals surface area contributed by atoms with E-state index in [1.165, 1.54) is 6.07 Å². The highest BCUT2D eigenvalue weighted by atomic mass is 16.6. The van der Waals surface area contributed by atoms with Gasteiger partial charge < -0.3 is 29.8 Å². The maximum atomic E-state index is 13.8. The van der Waals surface area contributed by atoms with Crippen molar-refractivity contribution in [3.05, 3.63) is 75.3 Å². The molecule has 1 amide bonds. The third kappa shape index (κ3) is 7.07. The van der Waals surface area contributed by atoms with Gasteiger partial charge >= 0.3 is 11.6 Å². The van der Waals surface area contributed by atoms with Crippen LogP contribution in [0.4, 0.5) is 5.82 Å². The second-order valence-corrected chi connectivity index (χ2v) is 14.0. The van der Waals surface area contributed by atoms with E-state index in [-0.39, 0.29) is 24.8 Å². The van der Waals surface area contributed by atoms with Crippen molar-refractivity contribution in [2.45, 2.75) is 90.9 Å². The first-order chi connectivity index (χ1) is 22.3. The fraction of sp³-hybridized carbons (Fsp3) is 0.514. The molecule has 0 aliphatic carbocycles. The molecule has 10 heteroatoms. The van der Waals surface area contributed by atoms with Gasteiger partial charge in [0.1, 0.15) is 22.8 Å². The number of likely N-dealkylation sites (tertiary alicyclic amines) is 1. The van der Waals surface area contributed by atoms with Gasteiger partial charge in [0, 0.05) is 67.2 Å². The molecule has 10 nitrogen and oxygen atoms in total. The van der Waals surface area contributed by atoms with Crippen molar-refractivity contribution in [3.63, 3.8) is 0 Å². The second kappa shape index (κ2) is 13.5. The lowest BCUT2D eigenvalue weighted by molar-refractivity contribution is -0.174. The molecule has 3 N–H and O–H groups in total. The number of anilines is 1. The fourth-order valence-electron chi connectivity index (χ4n) is 6.81. The first-order valence-corrected chi connectivity index (χ1v) is 16.5. The number of ether oxygens (including phenoxy) is 2. The Morgan fingerprint density at radius 1 is 1.23 bits per heavy atom. The minimum Gasteiger partial charge on any atom is -0.482 e. The van der Waals surface area contributed by atoms with E-state index < -0.39 is 22.8 Å². The van der Waals surface area contributed by atoms with E-state index in [1.54, 1.807) is 44.3 Å². The number of nitrogen functional groups attached to an aromatic ring is 1. The molecule has 3 atom stereocenters. The third-order valence-corrected chi connectivity index (χ3v) is 9.91. The van der Waals surface area contributed by atoms with E-state index in [0.29, 0.717) is 41.0 Å². The average molecular weight is 645 g/mol. The van der Waals surface area contributed by atoms with Crippen molar-refractivity contribution in [1.29, 1.82) is 0 Å². The third-order valence-electron chi connectivity index (χ3n) is 9.91. The largest absolute Gasteiger partial charge is 0.482 e. The summed E-state index contributed by atoms with van der Waals surface area (Å²) < 4.78 is 18.4. The number of nitrogens with two attached hydrogens (primary N) is 1. The highest BCUT2D eigenvalue weighted by Crippen LogP contribution is 2.46. The normalized spacial score (nSPS) is 21.0. The zero-order valence-electron chi connectivity index (χ0n) is 28.6. The molecular weight excluding hydrogens is 596 g/mol. The van der Waals surface area contributed by atoms with Crippen molar-refractivity contribution >= 4 is 28.7 Å². The number of fused-ring (bicyclic) bond motifs is 2. The SMILES string of the molecule is C/C=C(\C)C(=O)OC(C)(C)[C@]1(Cc2cc(N)ncc2CC(=O)N2C[C@H](CNC)[C@H]2CCC(C)C)Cc2cc3ccc(=O)oc3cc2O1. The Morgan fingerprint density at radius 2 is 2.00 bits per heavy atom. The van der Waals surface area contributed by atoms with Gasteiger partial charge in [0.2, 0.25) is 5.91 Å². The molecule has 1 saturated heterocycles. The lowest BCUT2D eigenvalue weighted by Crippen LogP contribution is -2.61. The van der Waals surface area contributed by atoms with E-state index in [1.807, 2.05) is 31.9 Å². The van der Waals surface area contributed by atoms with Crippen LogP contribution < -0.4 is 21.4 Å². The number of benzene rings is 1. The van der Waals surface area contributed by atoms with Crippen molar-refractivity contribution in [2.75, 3.05) is 25.9 Å². The van der Waals surface area contributed by atoms with E-state index >= 15 is 0 Å². The monoisotopic (exact) mass is 644 g/mol. The van der Waals surface area contributed by atoms with E-state index in [2.05, 4.69) is 24.1 Å².